The Morgan fingerprint density at radius 1 is 0.931 bits per heavy atom. The molecule has 0 amide bonds. The highest BCUT2D eigenvalue weighted by molar-refractivity contribution is 7.87. The number of benzene rings is 3. The maximum atomic E-state index is 12.8. The van der Waals surface area contributed by atoms with Crippen LogP contribution in [0.25, 0.3) is 0 Å². The number of anilines is 1. The Hall–Kier alpha value is -3.92. The highest BCUT2D eigenvalue weighted by atomic mass is 32.2. The average Bonchev–Trinajstić information content (AvgIpc) is 2.69. The van der Waals surface area contributed by atoms with E-state index in [1.807, 2.05) is 0 Å². The number of carbonyl (C=O) groups excluding carboxylic acids is 1. The number of nitro groups is 1. The van der Waals surface area contributed by atoms with Crippen molar-refractivity contribution in [2.45, 2.75) is 4.90 Å². The molecule has 0 saturated carbocycles. The van der Waals surface area contributed by atoms with Gasteiger partial charge in [-0.15, -0.1) is 0 Å². The molecule has 148 valence electrons. The summed E-state index contributed by atoms with van der Waals surface area (Å²) in [6.45, 7) is 0. The van der Waals surface area contributed by atoms with Gasteiger partial charge in [0.25, 0.3) is 0 Å². The quantitative estimate of drug-likeness (QED) is 0.162. The van der Waals surface area contributed by atoms with Crippen LogP contribution >= 0.6 is 0 Å². The maximum absolute atomic E-state index is 12.8. The maximum Gasteiger partial charge on any atom is 0.350 e. The van der Waals surface area contributed by atoms with Gasteiger partial charge in [0, 0.05) is 0 Å². The van der Waals surface area contributed by atoms with Crippen LogP contribution in [-0.2, 0) is 10.1 Å². The minimum absolute atomic E-state index is 0.0791. The first kappa shape index (κ1) is 19.8. The van der Waals surface area contributed by atoms with Gasteiger partial charge in [-0.2, -0.15) is 8.42 Å². The molecule has 29 heavy (non-hydrogen) atoms. The summed E-state index contributed by atoms with van der Waals surface area (Å²) in [6, 6.07) is 17.3. The molecule has 0 saturated heterocycles. The predicted molar refractivity (Wildman–Crippen MR) is 103 cm³/mol. The van der Waals surface area contributed by atoms with E-state index in [1.165, 1.54) is 36.4 Å². The number of ether oxygens (including phenoxy) is 1. The molecule has 0 atom stereocenters. The lowest BCUT2D eigenvalue weighted by molar-refractivity contribution is -0.387. The molecule has 2 N–H and O–H groups in total. The lowest BCUT2D eigenvalue weighted by Crippen LogP contribution is -2.17. The number of nitrogen functional groups attached to an aromatic ring is 1. The first-order valence-corrected chi connectivity index (χ1v) is 9.54. The molecule has 0 bridgehead atoms. The molecule has 3 rings (SSSR count). The molecule has 0 radical (unpaired) electrons. The molecule has 0 aromatic heterocycles. The fourth-order valence-corrected chi connectivity index (χ4v) is 3.69. The van der Waals surface area contributed by atoms with Crippen LogP contribution in [0, 0.1) is 10.1 Å². The number of nitrogens with two attached hydrogens (primary N) is 1. The fraction of sp³-hybridized carbons (Fsp3) is 0. The fourth-order valence-electron chi connectivity index (χ4n) is 2.46. The molecule has 0 heterocycles. The summed E-state index contributed by atoms with van der Waals surface area (Å²) in [5.74, 6) is -1.55. The van der Waals surface area contributed by atoms with E-state index in [2.05, 4.69) is 0 Å². The van der Waals surface area contributed by atoms with Crippen LogP contribution < -0.4 is 14.7 Å². The average molecular weight is 414 g/mol. The van der Waals surface area contributed by atoms with Crippen molar-refractivity contribution >= 4 is 27.5 Å². The monoisotopic (exact) mass is 414 g/mol. The molecule has 10 heteroatoms. The van der Waals surface area contributed by atoms with Crippen molar-refractivity contribution < 1.29 is 27.1 Å². The SMILES string of the molecule is Nc1ccc(OC(=O)c2ccccc2)c(S(=O)(=O)Oc2ccccc2)c1[N+](=O)[O-]. The third-order valence-electron chi connectivity index (χ3n) is 3.72. The van der Waals surface area contributed by atoms with Gasteiger partial charge >= 0.3 is 21.8 Å². The van der Waals surface area contributed by atoms with Crippen LogP contribution in [0.5, 0.6) is 11.5 Å². The van der Waals surface area contributed by atoms with E-state index in [9.17, 15) is 23.3 Å². The molecular formula is C19H14N2O7S. The number of esters is 1. The van der Waals surface area contributed by atoms with Gasteiger partial charge in [-0.25, -0.2) is 4.79 Å². The van der Waals surface area contributed by atoms with Gasteiger partial charge in [-0.3, -0.25) is 10.1 Å². The molecule has 3 aromatic rings. The predicted octanol–water partition coefficient (Wildman–Crippen LogP) is 3.16. The zero-order valence-electron chi connectivity index (χ0n) is 14.7. The largest absolute Gasteiger partial charge is 0.421 e. The Morgan fingerprint density at radius 2 is 1.52 bits per heavy atom. The summed E-state index contributed by atoms with van der Waals surface area (Å²) in [4.78, 5) is 21.9. The van der Waals surface area contributed by atoms with E-state index in [0.29, 0.717) is 0 Å². The minimum atomic E-state index is -4.77. The standard InChI is InChI=1S/C19H14N2O7S/c20-15-11-12-16(27-19(22)13-7-3-1-4-8-13)18(17(15)21(23)24)29(25,26)28-14-9-5-2-6-10-14/h1-12H,20H2. The van der Waals surface area contributed by atoms with E-state index >= 15 is 0 Å². The summed E-state index contributed by atoms with van der Waals surface area (Å²) >= 11 is 0. The van der Waals surface area contributed by atoms with E-state index in [4.69, 9.17) is 14.7 Å². The Kier molecular flexibility index (Phi) is 5.46. The van der Waals surface area contributed by atoms with Crippen LogP contribution in [0.15, 0.2) is 77.7 Å². The van der Waals surface area contributed by atoms with Crippen molar-refractivity contribution in [1.29, 1.82) is 0 Å². The lowest BCUT2D eigenvalue weighted by atomic mass is 10.2. The highest BCUT2D eigenvalue weighted by Crippen LogP contribution is 2.39. The van der Waals surface area contributed by atoms with E-state index in [0.717, 1.165) is 12.1 Å². The Bertz CT molecular complexity index is 1160. The van der Waals surface area contributed by atoms with Crippen LogP contribution in [0.4, 0.5) is 11.4 Å². The number of hydrogen-bond acceptors (Lipinski definition) is 8. The van der Waals surface area contributed by atoms with Gasteiger partial charge in [0.05, 0.1) is 10.5 Å². The third-order valence-corrected chi connectivity index (χ3v) is 5.03. The zero-order valence-corrected chi connectivity index (χ0v) is 15.5. The van der Waals surface area contributed by atoms with E-state index < -0.39 is 43.0 Å². The van der Waals surface area contributed by atoms with E-state index in [1.54, 1.807) is 24.3 Å². The number of nitro benzene ring substituents is 1. The van der Waals surface area contributed by atoms with Crippen molar-refractivity contribution in [3.8, 4) is 11.5 Å². The first-order chi connectivity index (χ1) is 13.8. The molecular weight excluding hydrogens is 400 g/mol. The molecule has 9 nitrogen and oxygen atoms in total. The number of rotatable bonds is 6. The van der Waals surface area contributed by atoms with Crippen molar-refractivity contribution in [3.05, 3.63) is 88.5 Å². The third kappa shape index (κ3) is 4.33. The molecule has 3 aromatic carbocycles. The van der Waals surface area contributed by atoms with Crippen LogP contribution in [0.3, 0.4) is 0 Å². The second-order valence-electron chi connectivity index (χ2n) is 5.69. The van der Waals surface area contributed by atoms with Gasteiger partial charge in [-0.05, 0) is 36.4 Å². The second-order valence-corrected chi connectivity index (χ2v) is 7.18. The number of hydrogen-bond donors (Lipinski definition) is 1. The van der Waals surface area contributed by atoms with Crippen molar-refractivity contribution in [3.63, 3.8) is 0 Å². The van der Waals surface area contributed by atoms with Crippen LogP contribution in [-0.4, -0.2) is 19.3 Å². The first-order valence-electron chi connectivity index (χ1n) is 8.13. The molecule has 0 aliphatic rings. The molecule has 0 aliphatic heterocycles. The Labute approximate surface area is 165 Å². The van der Waals surface area contributed by atoms with Crippen molar-refractivity contribution in [2.24, 2.45) is 0 Å². The Morgan fingerprint density at radius 3 is 2.10 bits per heavy atom. The number of carbonyl (C=O) groups is 1. The summed E-state index contributed by atoms with van der Waals surface area (Å²) < 4.78 is 35.8. The van der Waals surface area contributed by atoms with Crippen LogP contribution in [0.2, 0.25) is 0 Å². The summed E-state index contributed by atoms with van der Waals surface area (Å²) in [6.07, 6.45) is 0. The topological polar surface area (TPSA) is 139 Å². The molecule has 0 spiro atoms. The zero-order chi connectivity index (χ0) is 21.0. The molecule has 0 fully saturated rings. The molecule has 0 aliphatic carbocycles. The normalized spacial score (nSPS) is 10.9. The highest BCUT2D eigenvalue weighted by Gasteiger charge is 2.36. The van der Waals surface area contributed by atoms with E-state index in [-0.39, 0.29) is 11.3 Å². The van der Waals surface area contributed by atoms with Gasteiger partial charge in [-0.1, -0.05) is 36.4 Å². The molecule has 0 unspecified atom stereocenters. The number of nitrogens with zero attached hydrogens (tertiary/aromatic N) is 1. The summed E-state index contributed by atoms with van der Waals surface area (Å²) in [5, 5.41) is 11.5. The summed E-state index contributed by atoms with van der Waals surface area (Å²) in [7, 11) is -4.77. The van der Waals surface area contributed by atoms with Gasteiger partial charge in [0.15, 0.2) is 5.75 Å². The van der Waals surface area contributed by atoms with Gasteiger partial charge < -0.3 is 14.7 Å². The minimum Gasteiger partial charge on any atom is -0.421 e. The van der Waals surface area contributed by atoms with Crippen molar-refractivity contribution in [1.82, 2.24) is 0 Å². The van der Waals surface area contributed by atoms with Gasteiger partial charge in [0.1, 0.15) is 11.4 Å². The lowest BCUT2D eigenvalue weighted by Gasteiger charge is -2.13. The summed E-state index contributed by atoms with van der Waals surface area (Å²) in [5.41, 5.74) is 4.37. The second kappa shape index (κ2) is 7.98. The van der Waals surface area contributed by atoms with Crippen LogP contribution in [0.1, 0.15) is 10.4 Å². The van der Waals surface area contributed by atoms with Gasteiger partial charge in [0.2, 0.25) is 4.90 Å². The number of para-hydroxylation sites is 1. The smallest absolute Gasteiger partial charge is 0.350 e. The Balaban J connectivity index is 2.11. The van der Waals surface area contributed by atoms with Crippen molar-refractivity contribution in [2.75, 3.05) is 5.73 Å².